The molecule has 0 saturated heterocycles. The molecule has 3 nitrogen and oxygen atoms in total. The Bertz CT molecular complexity index is 502. The van der Waals surface area contributed by atoms with Gasteiger partial charge in [-0.1, -0.05) is 18.2 Å². The fraction of sp³-hybridized carbons (Fsp3) is 0.154. The van der Waals surface area contributed by atoms with Crippen LogP contribution in [0.3, 0.4) is 0 Å². The van der Waals surface area contributed by atoms with Crippen molar-refractivity contribution in [2.45, 2.75) is 6.61 Å². The monoisotopic (exact) mass is 232 g/mol. The molecule has 0 aliphatic heterocycles. The van der Waals surface area contributed by atoms with Gasteiger partial charge in [-0.3, -0.25) is 0 Å². The number of benzene rings is 1. The van der Waals surface area contributed by atoms with E-state index < -0.39 is 0 Å². The van der Waals surface area contributed by atoms with Crippen LogP contribution in [0.2, 0.25) is 0 Å². The summed E-state index contributed by atoms with van der Waals surface area (Å²) in [5.74, 6) is 0.640. The highest BCUT2D eigenvalue weighted by Crippen LogP contribution is 2.16. The van der Waals surface area contributed by atoms with Crippen molar-refractivity contribution in [3.63, 3.8) is 0 Å². The molecule has 1 N–H and O–H groups in total. The summed E-state index contributed by atoms with van der Waals surface area (Å²) >= 11 is 0. The van der Waals surface area contributed by atoms with Gasteiger partial charge in [0.05, 0.1) is 5.69 Å². The molecule has 0 atom stereocenters. The van der Waals surface area contributed by atoms with Crippen LogP contribution < -0.4 is 10.1 Å². The van der Waals surface area contributed by atoms with E-state index in [9.17, 15) is 4.39 Å². The number of rotatable bonds is 4. The van der Waals surface area contributed by atoms with Crippen LogP contribution in [-0.4, -0.2) is 12.0 Å². The zero-order chi connectivity index (χ0) is 12.1. The number of nitrogens with zero attached hydrogens (tertiary/aromatic N) is 1. The molecule has 17 heavy (non-hydrogen) atoms. The van der Waals surface area contributed by atoms with Gasteiger partial charge in [0.25, 0.3) is 0 Å². The highest BCUT2D eigenvalue weighted by molar-refractivity contribution is 5.34. The van der Waals surface area contributed by atoms with Crippen LogP contribution in [0.15, 0.2) is 42.5 Å². The van der Waals surface area contributed by atoms with Gasteiger partial charge in [0.15, 0.2) is 11.6 Å². The molecule has 1 heterocycles. The third-order valence-corrected chi connectivity index (χ3v) is 2.28. The van der Waals surface area contributed by atoms with Gasteiger partial charge in [-0.25, -0.2) is 9.37 Å². The average Bonchev–Trinajstić information content (AvgIpc) is 2.38. The Morgan fingerprint density at radius 2 is 2.00 bits per heavy atom. The molecule has 0 amide bonds. The van der Waals surface area contributed by atoms with E-state index in [2.05, 4.69) is 10.3 Å². The summed E-state index contributed by atoms with van der Waals surface area (Å²) in [6, 6.07) is 11.9. The molecule has 0 aliphatic carbocycles. The van der Waals surface area contributed by atoms with Crippen molar-refractivity contribution in [2.24, 2.45) is 0 Å². The minimum absolute atomic E-state index is 0.240. The number of ether oxygens (including phenoxy) is 1. The maximum Gasteiger partial charge on any atom is 0.165 e. The first-order valence-electron chi connectivity index (χ1n) is 5.30. The van der Waals surface area contributed by atoms with E-state index in [1.807, 2.05) is 18.2 Å². The average molecular weight is 232 g/mol. The first-order chi connectivity index (χ1) is 8.29. The van der Waals surface area contributed by atoms with E-state index >= 15 is 0 Å². The Morgan fingerprint density at radius 1 is 1.18 bits per heavy atom. The quantitative estimate of drug-likeness (QED) is 0.880. The van der Waals surface area contributed by atoms with Gasteiger partial charge in [-0.15, -0.1) is 0 Å². The molecule has 0 spiro atoms. The molecule has 1 aromatic heterocycles. The van der Waals surface area contributed by atoms with Crippen LogP contribution in [0, 0.1) is 5.82 Å². The number of hydrogen-bond donors (Lipinski definition) is 1. The first-order valence-corrected chi connectivity index (χ1v) is 5.30. The van der Waals surface area contributed by atoms with Gasteiger partial charge in [0, 0.05) is 7.05 Å². The molecule has 0 unspecified atom stereocenters. The van der Waals surface area contributed by atoms with E-state index in [0.717, 1.165) is 11.5 Å². The van der Waals surface area contributed by atoms with Gasteiger partial charge < -0.3 is 10.1 Å². The molecule has 0 saturated carbocycles. The van der Waals surface area contributed by atoms with Crippen molar-refractivity contribution in [3.05, 3.63) is 54.0 Å². The number of nitrogens with one attached hydrogen (secondary N) is 1. The van der Waals surface area contributed by atoms with Gasteiger partial charge in [-0.05, 0) is 24.3 Å². The van der Waals surface area contributed by atoms with E-state index in [1.165, 1.54) is 6.07 Å². The summed E-state index contributed by atoms with van der Waals surface area (Å²) in [6.07, 6.45) is 0. The Labute approximate surface area is 99.3 Å². The Kier molecular flexibility index (Phi) is 3.55. The van der Waals surface area contributed by atoms with Crippen LogP contribution >= 0.6 is 0 Å². The van der Waals surface area contributed by atoms with Crippen molar-refractivity contribution in [1.29, 1.82) is 0 Å². The summed E-state index contributed by atoms with van der Waals surface area (Å²) in [5.41, 5.74) is 0.750. The lowest BCUT2D eigenvalue weighted by Gasteiger charge is -2.07. The molecule has 2 aromatic rings. The first kappa shape index (κ1) is 11.4. The second-order valence-corrected chi connectivity index (χ2v) is 3.48. The number of hydrogen-bond acceptors (Lipinski definition) is 3. The van der Waals surface area contributed by atoms with E-state index in [0.29, 0.717) is 0 Å². The molecule has 2 rings (SSSR count). The molecule has 0 fully saturated rings. The molecular formula is C13H13FN2O. The second kappa shape index (κ2) is 5.30. The minimum Gasteiger partial charge on any atom is -0.484 e. The number of pyridine rings is 1. The van der Waals surface area contributed by atoms with E-state index in [4.69, 9.17) is 4.74 Å². The zero-order valence-corrected chi connectivity index (χ0v) is 9.48. The predicted octanol–water partition coefficient (Wildman–Crippen LogP) is 2.84. The van der Waals surface area contributed by atoms with Gasteiger partial charge in [0.1, 0.15) is 12.4 Å². The predicted molar refractivity (Wildman–Crippen MR) is 64.5 cm³/mol. The largest absolute Gasteiger partial charge is 0.484 e. The van der Waals surface area contributed by atoms with E-state index in [1.54, 1.807) is 25.2 Å². The highest BCUT2D eigenvalue weighted by Gasteiger charge is 2.02. The van der Waals surface area contributed by atoms with Crippen molar-refractivity contribution in [3.8, 4) is 5.75 Å². The van der Waals surface area contributed by atoms with Gasteiger partial charge >= 0.3 is 0 Å². The van der Waals surface area contributed by atoms with Crippen molar-refractivity contribution >= 4 is 5.82 Å². The fourth-order valence-electron chi connectivity index (χ4n) is 1.41. The lowest BCUT2D eigenvalue weighted by molar-refractivity contribution is 0.286. The summed E-state index contributed by atoms with van der Waals surface area (Å²) < 4.78 is 18.6. The molecule has 0 aliphatic rings. The third kappa shape index (κ3) is 2.93. The van der Waals surface area contributed by atoms with Crippen molar-refractivity contribution in [2.75, 3.05) is 12.4 Å². The standard InChI is InChI=1S/C13H13FN2O/c1-15-13-8-4-5-10(16-13)9-17-12-7-3-2-6-11(12)14/h2-8H,9H2,1H3,(H,15,16). The molecule has 0 bridgehead atoms. The summed E-state index contributed by atoms with van der Waals surface area (Å²) in [6.45, 7) is 0.246. The fourth-order valence-corrected chi connectivity index (χ4v) is 1.41. The van der Waals surface area contributed by atoms with Gasteiger partial charge in [0.2, 0.25) is 0 Å². The minimum atomic E-state index is -0.364. The second-order valence-electron chi connectivity index (χ2n) is 3.48. The maximum atomic E-state index is 13.3. The van der Waals surface area contributed by atoms with Crippen LogP contribution in [0.5, 0.6) is 5.75 Å². The van der Waals surface area contributed by atoms with Crippen LogP contribution in [0.1, 0.15) is 5.69 Å². The number of halogens is 1. The SMILES string of the molecule is CNc1cccc(COc2ccccc2F)n1. The summed E-state index contributed by atoms with van der Waals surface area (Å²) in [5, 5.41) is 2.94. The van der Waals surface area contributed by atoms with Crippen LogP contribution in [0.4, 0.5) is 10.2 Å². The van der Waals surface area contributed by atoms with Crippen molar-refractivity contribution < 1.29 is 9.13 Å². The van der Waals surface area contributed by atoms with E-state index in [-0.39, 0.29) is 18.2 Å². The molecule has 4 heteroatoms. The summed E-state index contributed by atoms with van der Waals surface area (Å²) in [4.78, 5) is 4.28. The Hall–Kier alpha value is -2.10. The highest BCUT2D eigenvalue weighted by atomic mass is 19.1. The smallest absolute Gasteiger partial charge is 0.165 e. The lowest BCUT2D eigenvalue weighted by Crippen LogP contribution is -2.01. The molecule has 1 aromatic carbocycles. The Morgan fingerprint density at radius 3 is 2.76 bits per heavy atom. The summed E-state index contributed by atoms with van der Waals surface area (Å²) in [7, 11) is 1.80. The van der Waals surface area contributed by atoms with Crippen molar-refractivity contribution in [1.82, 2.24) is 4.98 Å². The van der Waals surface area contributed by atoms with Crippen LogP contribution in [0.25, 0.3) is 0 Å². The normalized spacial score (nSPS) is 10.0. The lowest BCUT2D eigenvalue weighted by atomic mass is 10.3. The topological polar surface area (TPSA) is 34.1 Å². The van der Waals surface area contributed by atoms with Crippen LogP contribution in [-0.2, 0) is 6.61 Å². The third-order valence-electron chi connectivity index (χ3n) is 2.28. The maximum absolute atomic E-state index is 13.3. The Balaban J connectivity index is 2.05. The molecular weight excluding hydrogens is 219 g/mol. The number of para-hydroxylation sites is 1. The molecule has 0 radical (unpaired) electrons. The van der Waals surface area contributed by atoms with Gasteiger partial charge in [-0.2, -0.15) is 0 Å². The number of aromatic nitrogens is 1. The zero-order valence-electron chi connectivity index (χ0n) is 9.48. The molecule has 88 valence electrons. The number of anilines is 1.